The summed E-state index contributed by atoms with van der Waals surface area (Å²) in [6.07, 6.45) is 1.04. The van der Waals surface area contributed by atoms with Crippen molar-refractivity contribution in [1.29, 1.82) is 0 Å². The molecule has 0 aliphatic rings. The minimum Gasteiger partial charge on any atom is -0.497 e. The van der Waals surface area contributed by atoms with E-state index in [1.165, 1.54) is 12.1 Å². The maximum absolute atomic E-state index is 12.4. The van der Waals surface area contributed by atoms with Gasteiger partial charge in [-0.3, -0.25) is 0 Å². The van der Waals surface area contributed by atoms with Crippen molar-refractivity contribution in [3.63, 3.8) is 0 Å². The average Bonchev–Trinajstić information content (AvgIpc) is 2.65. The second kappa shape index (κ2) is 7.54. The number of sulfone groups is 1. The number of aromatic nitrogens is 1. The third-order valence-electron chi connectivity index (χ3n) is 3.92. The van der Waals surface area contributed by atoms with Crippen LogP contribution in [-0.2, 0) is 21.2 Å². The number of benzene rings is 2. The fourth-order valence-corrected chi connectivity index (χ4v) is 3.65. The molecule has 1 aromatic heterocycles. The van der Waals surface area contributed by atoms with Gasteiger partial charge in [-0.1, -0.05) is 23.7 Å². The zero-order valence-corrected chi connectivity index (χ0v) is 16.2. The maximum atomic E-state index is 12.4. The molecule has 1 heterocycles. The first-order chi connectivity index (χ1) is 12.8. The highest BCUT2D eigenvalue weighted by Crippen LogP contribution is 2.25. The SMILES string of the molecule is COc1ccc2cc(COC(=O)c3ccccc3S(C)(=O)=O)c(Cl)nc2c1. The first-order valence-corrected chi connectivity index (χ1v) is 10.2. The van der Waals surface area contributed by atoms with Crippen LogP contribution >= 0.6 is 11.6 Å². The maximum Gasteiger partial charge on any atom is 0.339 e. The Balaban J connectivity index is 1.85. The molecule has 0 saturated heterocycles. The Morgan fingerprint density at radius 3 is 2.59 bits per heavy atom. The molecule has 0 amide bonds. The monoisotopic (exact) mass is 405 g/mol. The second-order valence-electron chi connectivity index (χ2n) is 5.84. The van der Waals surface area contributed by atoms with Crippen molar-refractivity contribution in [3.05, 3.63) is 64.8 Å². The van der Waals surface area contributed by atoms with Gasteiger partial charge in [0.2, 0.25) is 0 Å². The zero-order chi connectivity index (χ0) is 19.6. The Kier molecular flexibility index (Phi) is 5.34. The van der Waals surface area contributed by atoms with Crippen molar-refractivity contribution in [2.45, 2.75) is 11.5 Å². The van der Waals surface area contributed by atoms with Gasteiger partial charge in [-0.05, 0) is 30.3 Å². The third-order valence-corrected chi connectivity index (χ3v) is 5.40. The molecule has 27 heavy (non-hydrogen) atoms. The first kappa shape index (κ1) is 19.1. The molecule has 3 aromatic rings. The van der Waals surface area contributed by atoms with Gasteiger partial charge >= 0.3 is 5.97 Å². The lowest BCUT2D eigenvalue weighted by atomic mass is 10.1. The summed E-state index contributed by atoms with van der Waals surface area (Å²) in [5.41, 5.74) is 1.14. The Hall–Kier alpha value is -2.64. The number of carbonyl (C=O) groups is 1. The topological polar surface area (TPSA) is 82.6 Å². The van der Waals surface area contributed by atoms with E-state index in [2.05, 4.69) is 4.98 Å². The van der Waals surface area contributed by atoms with E-state index in [0.29, 0.717) is 16.8 Å². The summed E-state index contributed by atoms with van der Waals surface area (Å²) in [5.74, 6) is -0.0930. The molecule has 0 saturated carbocycles. The van der Waals surface area contributed by atoms with Crippen LogP contribution in [0, 0.1) is 0 Å². The van der Waals surface area contributed by atoms with Crippen LogP contribution in [0.4, 0.5) is 0 Å². The van der Waals surface area contributed by atoms with E-state index in [0.717, 1.165) is 11.6 Å². The summed E-state index contributed by atoms with van der Waals surface area (Å²) in [7, 11) is -2.00. The molecule has 6 nitrogen and oxygen atoms in total. The number of pyridine rings is 1. The molecule has 2 aromatic carbocycles. The summed E-state index contributed by atoms with van der Waals surface area (Å²) in [6.45, 7) is -0.134. The molecule has 0 spiro atoms. The van der Waals surface area contributed by atoms with Crippen LogP contribution in [0.25, 0.3) is 10.9 Å². The molecule has 0 atom stereocenters. The Morgan fingerprint density at radius 1 is 1.15 bits per heavy atom. The predicted octanol–water partition coefficient (Wildman–Crippen LogP) is 3.66. The molecule has 0 N–H and O–H groups in total. The van der Waals surface area contributed by atoms with E-state index in [1.54, 1.807) is 37.4 Å². The lowest BCUT2D eigenvalue weighted by Crippen LogP contribution is -2.11. The van der Waals surface area contributed by atoms with Crippen LogP contribution in [0.1, 0.15) is 15.9 Å². The smallest absolute Gasteiger partial charge is 0.339 e. The Labute approximate surface area is 161 Å². The number of hydrogen-bond donors (Lipinski definition) is 0. The predicted molar refractivity (Wildman–Crippen MR) is 102 cm³/mol. The van der Waals surface area contributed by atoms with Crippen molar-refractivity contribution in [2.75, 3.05) is 13.4 Å². The van der Waals surface area contributed by atoms with Gasteiger partial charge in [-0.15, -0.1) is 0 Å². The lowest BCUT2D eigenvalue weighted by molar-refractivity contribution is 0.0468. The number of methoxy groups -OCH3 is 1. The molecular formula is C19H16ClNO5S. The molecule has 0 radical (unpaired) electrons. The van der Waals surface area contributed by atoms with E-state index < -0.39 is 15.8 Å². The van der Waals surface area contributed by atoms with Crippen LogP contribution in [0.2, 0.25) is 5.15 Å². The number of nitrogens with zero attached hydrogens (tertiary/aromatic N) is 1. The van der Waals surface area contributed by atoms with Crippen LogP contribution in [0.3, 0.4) is 0 Å². The molecule has 140 valence electrons. The number of rotatable bonds is 5. The lowest BCUT2D eigenvalue weighted by Gasteiger charge is -2.10. The van der Waals surface area contributed by atoms with Crippen molar-refractivity contribution in [3.8, 4) is 5.75 Å². The number of halogens is 1. The standard InChI is InChI=1S/C19H16ClNO5S/c1-25-14-8-7-12-9-13(18(20)21-16(12)10-14)11-26-19(22)15-5-3-4-6-17(15)27(2,23)24/h3-10H,11H2,1-2H3. The minimum atomic E-state index is -3.56. The van der Waals surface area contributed by atoms with Crippen LogP contribution < -0.4 is 4.74 Å². The summed E-state index contributed by atoms with van der Waals surface area (Å²) in [4.78, 5) is 16.6. The van der Waals surface area contributed by atoms with E-state index in [9.17, 15) is 13.2 Å². The molecule has 3 rings (SSSR count). The fraction of sp³-hybridized carbons (Fsp3) is 0.158. The highest BCUT2D eigenvalue weighted by Gasteiger charge is 2.19. The number of ether oxygens (including phenoxy) is 2. The highest BCUT2D eigenvalue weighted by atomic mass is 35.5. The molecule has 0 fully saturated rings. The van der Waals surface area contributed by atoms with Crippen LogP contribution in [0.15, 0.2) is 53.4 Å². The average molecular weight is 406 g/mol. The quantitative estimate of drug-likeness (QED) is 0.476. The fourth-order valence-electron chi connectivity index (χ4n) is 2.58. The normalized spacial score (nSPS) is 11.4. The largest absolute Gasteiger partial charge is 0.497 e. The zero-order valence-electron chi connectivity index (χ0n) is 14.6. The molecule has 0 unspecified atom stereocenters. The van der Waals surface area contributed by atoms with E-state index >= 15 is 0 Å². The van der Waals surface area contributed by atoms with Gasteiger partial charge < -0.3 is 9.47 Å². The van der Waals surface area contributed by atoms with Crippen molar-refractivity contribution < 1.29 is 22.7 Å². The number of fused-ring (bicyclic) bond motifs is 1. The summed E-state index contributed by atoms with van der Waals surface area (Å²) >= 11 is 6.19. The molecular weight excluding hydrogens is 390 g/mol. The molecule has 0 bridgehead atoms. The minimum absolute atomic E-state index is 0.0189. The van der Waals surface area contributed by atoms with Gasteiger partial charge in [0.15, 0.2) is 9.84 Å². The van der Waals surface area contributed by atoms with Crippen molar-refractivity contribution in [1.82, 2.24) is 4.98 Å². The van der Waals surface area contributed by atoms with Crippen LogP contribution in [0.5, 0.6) is 5.75 Å². The number of carbonyl (C=O) groups excluding carboxylic acids is 1. The van der Waals surface area contributed by atoms with Gasteiger partial charge in [0.05, 0.1) is 23.1 Å². The number of hydrogen-bond acceptors (Lipinski definition) is 6. The number of esters is 1. The molecule has 0 aliphatic carbocycles. The Bertz CT molecular complexity index is 1130. The van der Waals surface area contributed by atoms with Gasteiger partial charge in [0.1, 0.15) is 17.5 Å². The third kappa shape index (κ3) is 4.20. The Morgan fingerprint density at radius 2 is 1.89 bits per heavy atom. The van der Waals surface area contributed by atoms with E-state index in [4.69, 9.17) is 21.1 Å². The van der Waals surface area contributed by atoms with Crippen molar-refractivity contribution in [2.24, 2.45) is 0 Å². The summed E-state index contributed by atoms with van der Waals surface area (Å²) in [5, 5.41) is 1.00. The van der Waals surface area contributed by atoms with Gasteiger partial charge in [-0.25, -0.2) is 18.2 Å². The van der Waals surface area contributed by atoms with Crippen LogP contribution in [-0.4, -0.2) is 32.7 Å². The van der Waals surface area contributed by atoms with Crippen molar-refractivity contribution >= 4 is 38.3 Å². The summed E-state index contributed by atoms with van der Waals surface area (Å²) in [6, 6.07) is 13.0. The summed E-state index contributed by atoms with van der Waals surface area (Å²) < 4.78 is 34.1. The van der Waals surface area contributed by atoms with Gasteiger partial charge in [0.25, 0.3) is 0 Å². The molecule has 0 aliphatic heterocycles. The second-order valence-corrected chi connectivity index (χ2v) is 8.18. The van der Waals surface area contributed by atoms with Gasteiger partial charge in [0, 0.05) is 23.3 Å². The highest BCUT2D eigenvalue weighted by molar-refractivity contribution is 7.90. The van der Waals surface area contributed by atoms with E-state index in [-0.39, 0.29) is 22.2 Å². The first-order valence-electron chi connectivity index (χ1n) is 7.89. The van der Waals surface area contributed by atoms with Gasteiger partial charge in [-0.2, -0.15) is 0 Å². The van der Waals surface area contributed by atoms with E-state index in [1.807, 2.05) is 6.07 Å². The molecule has 8 heteroatoms.